The van der Waals surface area contributed by atoms with Gasteiger partial charge in [0.15, 0.2) is 5.75 Å². The number of hydrogen-bond acceptors (Lipinski definition) is 4. The van der Waals surface area contributed by atoms with Gasteiger partial charge in [0.1, 0.15) is 11.6 Å². The average molecular weight is 231 g/mol. The molecule has 1 rings (SSSR count). The highest BCUT2D eigenvalue weighted by atomic mass is 35.5. The molecule has 0 heterocycles. The van der Waals surface area contributed by atoms with Gasteiger partial charge in [-0.1, -0.05) is 17.7 Å². The molecular weight excluding hydrogens is 220 g/mol. The van der Waals surface area contributed by atoms with Crippen molar-refractivity contribution in [2.75, 3.05) is 20.2 Å². The maximum Gasteiger partial charge on any atom is 0.329 e. The van der Waals surface area contributed by atoms with Crippen LogP contribution in [0.25, 0.3) is 0 Å². The summed E-state index contributed by atoms with van der Waals surface area (Å²) in [6, 6.07) is 4.61. The molecule has 1 aromatic rings. The van der Waals surface area contributed by atoms with Crippen molar-refractivity contribution >= 4 is 17.3 Å². The highest BCUT2D eigenvalue weighted by Crippen LogP contribution is 2.33. The minimum absolute atomic E-state index is 0.0851. The summed E-state index contributed by atoms with van der Waals surface area (Å²) in [4.78, 5) is 10.2. The van der Waals surface area contributed by atoms with E-state index in [1.165, 1.54) is 12.1 Å². The van der Waals surface area contributed by atoms with Crippen molar-refractivity contribution in [3.8, 4) is 5.75 Å². The Hall–Kier alpha value is -1.33. The molecule has 0 radical (unpaired) electrons. The number of nitro groups is 1. The number of hydrogen-bond donors (Lipinski definition) is 1. The Morgan fingerprint density at radius 3 is 2.93 bits per heavy atom. The Bertz CT molecular complexity index is 357. The molecular formula is C9H11ClN2O3. The molecule has 0 bridgehead atoms. The van der Waals surface area contributed by atoms with Crippen molar-refractivity contribution in [1.82, 2.24) is 5.32 Å². The Morgan fingerprint density at radius 2 is 2.33 bits per heavy atom. The molecule has 0 amide bonds. The van der Waals surface area contributed by atoms with Crippen molar-refractivity contribution in [3.05, 3.63) is 33.3 Å². The zero-order valence-corrected chi connectivity index (χ0v) is 8.95. The second-order valence-electron chi connectivity index (χ2n) is 2.80. The van der Waals surface area contributed by atoms with E-state index >= 15 is 0 Å². The first kappa shape index (κ1) is 11.7. The van der Waals surface area contributed by atoms with E-state index in [-0.39, 0.29) is 16.5 Å². The highest BCUT2D eigenvalue weighted by Gasteiger charge is 2.19. The Morgan fingerprint density at radius 1 is 1.60 bits per heavy atom. The van der Waals surface area contributed by atoms with Crippen LogP contribution < -0.4 is 10.1 Å². The summed E-state index contributed by atoms with van der Waals surface area (Å²) in [6.45, 7) is 0.974. The van der Waals surface area contributed by atoms with Crippen molar-refractivity contribution < 1.29 is 9.66 Å². The number of halogens is 1. The van der Waals surface area contributed by atoms with E-state index < -0.39 is 4.92 Å². The molecule has 0 spiro atoms. The van der Waals surface area contributed by atoms with Gasteiger partial charge in [0.2, 0.25) is 0 Å². The molecule has 15 heavy (non-hydrogen) atoms. The van der Waals surface area contributed by atoms with E-state index in [0.717, 1.165) is 0 Å². The predicted molar refractivity (Wildman–Crippen MR) is 57.5 cm³/mol. The van der Waals surface area contributed by atoms with Crippen LogP contribution in [-0.4, -0.2) is 25.1 Å². The van der Waals surface area contributed by atoms with Crippen molar-refractivity contribution in [1.29, 1.82) is 0 Å². The number of nitrogens with one attached hydrogen (secondary N) is 1. The lowest BCUT2D eigenvalue weighted by atomic mass is 10.3. The molecule has 0 aliphatic heterocycles. The molecule has 82 valence electrons. The number of rotatable bonds is 5. The monoisotopic (exact) mass is 230 g/mol. The number of nitrogens with zero attached hydrogens (tertiary/aromatic N) is 1. The fourth-order valence-corrected chi connectivity index (χ4v) is 1.29. The number of likely N-dealkylation sites (N-methyl/N-ethyl adjacent to an activating group) is 1. The van der Waals surface area contributed by atoms with E-state index in [2.05, 4.69) is 5.32 Å². The van der Waals surface area contributed by atoms with E-state index in [9.17, 15) is 10.1 Å². The van der Waals surface area contributed by atoms with Gasteiger partial charge in [0.25, 0.3) is 0 Å². The van der Waals surface area contributed by atoms with Gasteiger partial charge in [-0.2, -0.15) is 0 Å². The van der Waals surface area contributed by atoms with Crippen molar-refractivity contribution in [2.24, 2.45) is 0 Å². The SMILES string of the molecule is CNCCOc1cccc(Cl)c1[N+](=O)[O-]. The Kier molecular flexibility index (Phi) is 4.33. The molecule has 0 atom stereocenters. The lowest BCUT2D eigenvalue weighted by Gasteiger charge is -2.06. The van der Waals surface area contributed by atoms with E-state index in [0.29, 0.717) is 13.2 Å². The largest absolute Gasteiger partial charge is 0.485 e. The van der Waals surface area contributed by atoms with Crippen LogP contribution in [0.15, 0.2) is 18.2 Å². The third-order valence-electron chi connectivity index (χ3n) is 1.74. The summed E-state index contributed by atoms with van der Waals surface area (Å²) < 4.78 is 5.23. The molecule has 0 fully saturated rings. The zero-order chi connectivity index (χ0) is 11.3. The maximum absolute atomic E-state index is 10.7. The second kappa shape index (κ2) is 5.53. The van der Waals surface area contributed by atoms with E-state index in [1.807, 2.05) is 0 Å². The number of para-hydroxylation sites is 1. The second-order valence-corrected chi connectivity index (χ2v) is 3.20. The lowest BCUT2D eigenvalue weighted by Crippen LogP contribution is -2.16. The van der Waals surface area contributed by atoms with Gasteiger partial charge in [0.05, 0.1) is 4.92 Å². The first-order valence-corrected chi connectivity index (χ1v) is 4.75. The molecule has 5 nitrogen and oxygen atoms in total. The maximum atomic E-state index is 10.7. The molecule has 0 aliphatic rings. The molecule has 1 N–H and O–H groups in total. The molecule has 0 saturated heterocycles. The van der Waals surface area contributed by atoms with Gasteiger partial charge in [-0.25, -0.2) is 0 Å². The van der Waals surface area contributed by atoms with Crippen LogP contribution in [0.4, 0.5) is 5.69 Å². The van der Waals surface area contributed by atoms with Crippen LogP contribution in [0.2, 0.25) is 5.02 Å². The number of ether oxygens (including phenoxy) is 1. The smallest absolute Gasteiger partial charge is 0.329 e. The summed E-state index contributed by atoms with van der Waals surface area (Å²) in [5, 5.41) is 13.7. The summed E-state index contributed by atoms with van der Waals surface area (Å²) in [7, 11) is 1.77. The summed E-state index contributed by atoms with van der Waals surface area (Å²) in [5.74, 6) is 0.197. The Labute approximate surface area is 92.1 Å². The van der Waals surface area contributed by atoms with Gasteiger partial charge in [0, 0.05) is 6.54 Å². The standard InChI is InChI=1S/C9H11ClN2O3/c1-11-5-6-15-8-4-2-3-7(10)9(8)12(13)14/h2-4,11H,5-6H2,1H3. The van der Waals surface area contributed by atoms with Crippen LogP contribution in [0.5, 0.6) is 5.75 Å². The van der Waals surface area contributed by atoms with Crippen molar-refractivity contribution in [3.63, 3.8) is 0 Å². The van der Waals surface area contributed by atoms with Gasteiger partial charge in [-0.3, -0.25) is 10.1 Å². The highest BCUT2D eigenvalue weighted by molar-refractivity contribution is 6.32. The quantitative estimate of drug-likeness (QED) is 0.476. The predicted octanol–water partition coefficient (Wildman–Crippen LogP) is 1.85. The summed E-state index contributed by atoms with van der Waals surface area (Å²) >= 11 is 5.70. The van der Waals surface area contributed by atoms with Crippen LogP contribution in [0, 0.1) is 10.1 Å². The van der Waals surface area contributed by atoms with Gasteiger partial charge >= 0.3 is 5.69 Å². The minimum Gasteiger partial charge on any atom is -0.485 e. The molecule has 1 aromatic carbocycles. The van der Waals surface area contributed by atoms with Crippen LogP contribution in [-0.2, 0) is 0 Å². The molecule has 6 heteroatoms. The van der Waals surface area contributed by atoms with E-state index in [1.54, 1.807) is 13.1 Å². The third-order valence-corrected chi connectivity index (χ3v) is 2.05. The normalized spacial score (nSPS) is 10.0. The van der Waals surface area contributed by atoms with E-state index in [4.69, 9.17) is 16.3 Å². The number of benzene rings is 1. The fourth-order valence-electron chi connectivity index (χ4n) is 1.05. The average Bonchev–Trinajstić information content (AvgIpc) is 2.17. The topological polar surface area (TPSA) is 64.4 Å². The van der Waals surface area contributed by atoms with Crippen molar-refractivity contribution in [2.45, 2.75) is 0 Å². The summed E-state index contributed by atoms with van der Waals surface area (Å²) in [6.07, 6.45) is 0. The van der Waals surface area contributed by atoms with Crippen LogP contribution in [0.3, 0.4) is 0 Å². The molecule has 0 unspecified atom stereocenters. The Balaban J connectivity index is 2.86. The van der Waals surface area contributed by atoms with Crippen LogP contribution in [0.1, 0.15) is 0 Å². The summed E-state index contributed by atoms with van der Waals surface area (Å²) in [5.41, 5.74) is -0.185. The van der Waals surface area contributed by atoms with Gasteiger partial charge in [-0.05, 0) is 19.2 Å². The first-order valence-electron chi connectivity index (χ1n) is 4.37. The minimum atomic E-state index is -0.545. The molecule has 0 saturated carbocycles. The third kappa shape index (κ3) is 3.07. The fraction of sp³-hybridized carbons (Fsp3) is 0.333. The lowest BCUT2D eigenvalue weighted by molar-refractivity contribution is -0.385. The number of nitro benzene ring substituents is 1. The van der Waals surface area contributed by atoms with Gasteiger partial charge in [-0.15, -0.1) is 0 Å². The molecule has 0 aromatic heterocycles. The van der Waals surface area contributed by atoms with Crippen LogP contribution >= 0.6 is 11.6 Å². The first-order chi connectivity index (χ1) is 7.16. The molecule has 0 aliphatic carbocycles. The van der Waals surface area contributed by atoms with Gasteiger partial charge < -0.3 is 10.1 Å². The zero-order valence-electron chi connectivity index (χ0n) is 8.20.